The molecule has 3 N–H and O–H groups in total. The van der Waals surface area contributed by atoms with Crippen LogP contribution in [-0.4, -0.2) is 17.8 Å². The summed E-state index contributed by atoms with van der Waals surface area (Å²) in [6, 6.07) is 10.2. The Labute approximate surface area is 79.4 Å². The molecule has 1 aromatic carbocycles. The summed E-state index contributed by atoms with van der Waals surface area (Å²) < 4.78 is 0. The average Bonchev–Trinajstić information content (AvgIpc) is 2.17. The van der Waals surface area contributed by atoms with Crippen LogP contribution in [0.2, 0.25) is 0 Å². The van der Waals surface area contributed by atoms with Crippen LogP contribution in [0, 0.1) is 0 Å². The van der Waals surface area contributed by atoms with Crippen LogP contribution in [0.3, 0.4) is 0 Å². The number of rotatable bonds is 5. The van der Waals surface area contributed by atoms with Gasteiger partial charge >= 0.3 is 0 Å². The van der Waals surface area contributed by atoms with Gasteiger partial charge in [-0.2, -0.15) is 0 Å². The molecule has 0 aliphatic heterocycles. The van der Waals surface area contributed by atoms with E-state index >= 15 is 0 Å². The van der Waals surface area contributed by atoms with Crippen molar-refractivity contribution < 1.29 is 5.11 Å². The van der Waals surface area contributed by atoms with Crippen LogP contribution in [0.25, 0.3) is 0 Å². The van der Waals surface area contributed by atoms with Gasteiger partial charge in [0.05, 0.1) is 6.10 Å². The van der Waals surface area contributed by atoms with Gasteiger partial charge < -0.3 is 10.8 Å². The van der Waals surface area contributed by atoms with Gasteiger partial charge in [-0.15, -0.1) is 0 Å². The third-order valence-electron chi connectivity index (χ3n) is 2.11. The molecule has 0 aromatic heterocycles. The molecule has 1 unspecified atom stereocenters. The zero-order chi connectivity index (χ0) is 9.52. The first-order valence-electron chi connectivity index (χ1n) is 4.75. The van der Waals surface area contributed by atoms with E-state index in [9.17, 15) is 5.11 Å². The van der Waals surface area contributed by atoms with Crippen LogP contribution in [-0.2, 0) is 6.42 Å². The second kappa shape index (κ2) is 5.73. The van der Waals surface area contributed by atoms with Crippen molar-refractivity contribution in [3.05, 3.63) is 35.9 Å². The molecule has 0 saturated carbocycles. The summed E-state index contributed by atoms with van der Waals surface area (Å²) in [6.07, 6.45) is 2.20. The molecule has 0 aliphatic rings. The Morgan fingerprint density at radius 3 is 2.46 bits per heavy atom. The lowest BCUT2D eigenvalue weighted by atomic mass is 10.1. The molecule has 1 atom stereocenters. The third-order valence-corrected chi connectivity index (χ3v) is 2.11. The molecular weight excluding hydrogens is 162 g/mol. The van der Waals surface area contributed by atoms with Crippen molar-refractivity contribution in [1.82, 2.24) is 0 Å². The molecule has 2 nitrogen and oxygen atoms in total. The molecule has 2 heteroatoms. The van der Waals surface area contributed by atoms with E-state index in [1.807, 2.05) is 18.2 Å². The predicted octanol–water partition coefficient (Wildman–Crippen LogP) is 1.33. The monoisotopic (exact) mass is 179 g/mol. The van der Waals surface area contributed by atoms with Gasteiger partial charge in [-0.05, 0) is 31.4 Å². The van der Waals surface area contributed by atoms with Gasteiger partial charge in [0.2, 0.25) is 0 Å². The van der Waals surface area contributed by atoms with Crippen LogP contribution >= 0.6 is 0 Å². The maximum atomic E-state index is 9.43. The second-order valence-corrected chi connectivity index (χ2v) is 3.26. The topological polar surface area (TPSA) is 46.2 Å². The molecule has 0 bridgehead atoms. The first-order chi connectivity index (χ1) is 6.33. The Morgan fingerprint density at radius 2 is 1.85 bits per heavy atom. The number of aliphatic hydroxyl groups excluding tert-OH is 1. The Kier molecular flexibility index (Phi) is 4.50. The summed E-state index contributed by atoms with van der Waals surface area (Å²) in [5.74, 6) is 0. The quantitative estimate of drug-likeness (QED) is 0.716. The van der Waals surface area contributed by atoms with Crippen molar-refractivity contribution in [3.8, 4) is 0 Å². The van der Waals surface area contributed by atoms with Gasteiger partial charge in [0.15, 0.2) is 0 Å². The third kappa shape index (κ3) is 4.06. The first kappa shape index (κ1) is 10.2. The van der Waals surface area contributed by atoms with E-state index in [-0.39, 0.29) is 6.10 Å². The summed E-state index contributed by atoms with van der Waals surface area (Å²) in [6.45, 7) is 0.565. The molecule has 0 fully saturated rings. The molecule has 0 heterocycles. The van der Waals surface area contributed by atoms with E-state index in [2.05, 4.69) is 12.1 Å². The maximum Gasteiger partial charge on any atom is 0.0555 e. The highest BCUT2D eigenvalue weighted by molar-refractivity contribution is 5.14. The van der Waals surface area contributed by atoms with Crippen LogP contribution in [0.5, 0.6) is 0 Å². The highest BCUT2D eigenvalue weighted by Gasteiger charge is 2.02. The number of benzene rings is 1. The van der Waals surface area contributed by atoms with Crippen molar-refractivity contribution >= 4 is 0 Å². The summed E-state index contributed by atoms with van der Waals surface area (Å²) >= 11 is 0. The zero-order valence-corrected chi connectivity index (χ0v) is 7.82. The van der Waals surface area contributed by atoms with Gasteiger partial charge in [-0.3, -0.25) is 0 Å². The van der Waals surface area contributed by atoms with Gasteiger partial charge in [0, 0.05) is 0 Å². The predicted molar refractivity (Wildman–Crippen MR) is 54.4 cm³/mol. The minimum Gasteiger partial charge on any atom is -0.393 e. The van der Waals surface area contributed by atoms with E-state index in [0.717, 1.165) is 12.8 Å². The highest BCUT2D eigenvalue weighted by atomic mass is 16.3. The van der Waals surface area contributed by atoms with Gasteiger partial charge in [-0.1, -0.05) is 30.3 Å². The van der Waals surface area contributed by atoms with Crippen LogP contribution in [0.15, 0.2) is 30.3 Å². The molecule has 0 radical (unpaired) electrons. The lowest BCUT2D eigenvalue weighted by molar-refractivity contribution is 0.157. The molecule has 1 rings (SSSR count). The number of aliphatic hydroxyl groups is 1. The SMILES string of the molecule is NCCC(O)CCc1ccccc1. The number of aryl methyl sites for hydroxylation is 1. The van der Waals surface area contributed by atoms with Crippen molar-refractivity contribution in [2.45, 2.75) is 25.4 Å². The van der Waals surface area contributed by atoms with E-state index in [1.165, 1.54) is 5.56 Å². The van der Waals surface area contributed by atoms with Gasteiger partial charge in [-0.25, -0.2) is 0 Å². The van der Waals surface area contributed by atoms with Crippen LogP contribution in [0.1, 0.15) is 18.4 Å². The normalized spacial score (nSPS) is 12.8. The zero-order valence-electron chi connectivity index (χ0n) is 7.82. The summed E-state index contributed by atoms with van der Waals surface area (Å²) in [5.41, 5.74) is 6.61. The van der Waals surface area contributed by atoms with Gasteiger partial charge in [0.1, 0.15) is 0 Å². The van der Waals surface area contributed by atoms with Crippen LogP contribution in [0.4, 0.5) is 0 Å². The maximum absolute atomic E-state index is 9.43. The molecule has 0 saturated heterocycles. The molecule has 0 amide bonds. The van der Waals surface area contributed by atoms with Crippen molar-refractivity contribution in [2.24, 2.45) is 5.73 Å². The first-order valence-corrected chi connectivity index (χ1v) is 4.75. The fraction of sp³-hybridized carbons (Fsp3) is 0.455. The molecule has 1 aromatic rings. The smallest absolute Gasteiger partial charge is 0.0555 e. The van der Waals surface area contributed by atoms with Crippen molar-refractivity contribution in [2.75, 3.05) is 6.54 Å². The molecule has 72 valence electrons. The molecule has 0 aliphatic carbocycles. The average molecular weight is 179 g/mol. The standard InChI is InChI=1S/C11H17NO/c12-9-8-11(13)7-6-10-4-2-1-3-5-10/h1-5,11,13H,6-9,12H2. The van der Waals surface area contributed by atoms with E-state index < -0.39 is 0 Å². The Morgan fingerprint density at radius 1 is 1.15 bits per heavy atom. The lowest BCUT2D eigenvalue weighted by Gasteiger charge is -2.08. The Hall–Kier alpha value is -0.860. The minimum atomic E-state index is -0.245. The summed E-state index contributed by atoms with van der Waals surface area (Å²) in [4.78, 5) is 0. The molecule has 13 heavy (non-hydrogen) atoms. The van der Waals surface area contributed by atoms with E-state index in [0.29, 0.717) is 13.0 Å². The molecule has 0 spiro atoms. The Balaban J connectivity index is 2.27. The van der Waals surface area contributed by atoms with E-state index in [4.69, 9.17) is 5.73 Å². The van der Waals surface area contributed by atoms with E-state index in [1.54, 1.807) is 0 Å². The second-order valence-electron chi connectivity index (χ2n) is 3.26. The summed E-state index contributed by atoms with van der Waals surface area (Å²) in [5, 5.41) is 9.43. The van der Waals surface area contributed by atoms with Crippen molar-refractivity contribution in [3.63, 3.8) is 0 Å². The summed E-state index contributed by atoms with van der Waals surface area (Å²) in [7, 11) is 0. The van der Waals surface area contributed by atoms with Gasteiger partial charge in [0.25, 0.3) is 0 Å². The van der Waals surface area contributed by atoms with Crippen molar-refractivity contribution in [1.29, 1.82) is 0 Å². The number of nitrogens with two attached hydrogens (primary N) is 1. The van der Waals surface area contributed by atoms with Crippen LogP contribution < -0.4 is 5.73 Å². The highest BCUT2D eigenvalue weighted by Crippen LogP contribution is 2.06. The molecular formula is C11H17NO. The largest absolute Gasteiger partial charge is 0.393 e. The number of hydrogen-bond acceptors (Lipinski definition) is 2. The minimum absolute atomic E-state index is 0.245. The lowest BCUT2D eigenvalue weighted by Crippen LogP contribution is -2.13. The fourth-order valence-corrected chi connectivity index (χ4v) is 1.31. The Bertz CT molecular complexity index is 223. The number of hydrogen-bond donors (Lipinski definition) is 2. The fourth-order valence-electron chi connectivity index (χ4n) is 1.31.